The number of rotatable bonds is 4. The number of halogens is 4. The number of piperidine rings is 1. The molecule has 0 amide bonds. The van der Waals surface area contributed by atoms with E-state index in [1.807, 2.05) is 0 Å². The van der Waals surface area contributed by atoms with Crippen LogP contribution in [0.2, 0.25) is 0 Å². The van der Waals surface area contributed by atoms with Crippen LogP contribution >= 0.6 is 12.4 Å². The van der Waals surface area contributed by atoms with Crippen LogP contribution in [0.4, 0.5) is 13.2 Å². The zero-order valence-corrected chi connectivity index (χ0v) is 12.6. The summed E-state index contributed by atoms with van der Waals surface area (Å²) < 4.78 is 36.8. The maximum absolute atomic E-state index is 12.3. The molecule has 2 aliphatic heterocycles. The van der Waals surface area contributed by atoms with Crippen molar-refractivity contribution in [3.8, 4) is 0 Å². The van der Waals surface area contributed by atoms with Crippen LogP contribution in [-0.4, -0.2) is 68.3 Å². The number of nitrogens with one attached hydrogen (secondary N) is 1. The Kier molecular flexibility index (Phi) is 7.58. The van der Waals surface area contributed by atoms with Gasteiger partial charge in [0, 0.05) is 26.2 Å². The zero-order valence-electron chi connectivity index (χ0n) is 11.8. The van der Waals surface area contributed by atoms with Crippen molar-refractivity contribution in [3.05, 3.63) is 0 Å². The molecule has 0 spiro atoms. The van der Waals surface area contributed by atoms with Crippen LogP contribution in [0, 0.1) is 5.92 Å². The monoisotopic (exact) mass is 315 g/mol. The highest BCUT2D eigenvalue weighted by Gasteiger charge is 2.32. The molecule has 2 heterocycles. The summed E-state index contributed by atoms with van der Waals surface area (Å²) in [5, 5.41) is 3.40. The quantitative estimate of drug-likeness (QED) is 0.856. The molecule has 1 N–H and O–H groups in total. The van der Waals surface area contributed by atoms with Crippen LogP contribution in [-0.2, 0) is 0 Å². The Balaban J connectivity index is 0.00000200. The molecule has 1 atom stereocenters. The zero-order chi connectivity index (χ0) is 13.7. The summed E-state index contributed by atoms with van der Waals surface area (Å²) in [5.74, 6) is 0.752. The van der Waals surface area contributed by atoms with E-state index in [2.05, 4.69) is 10.2 Å². The second-order valence-electron chi connectivity index (χ2n) is 5.73. The molecule has 0 radical (unpaired) electrons. The van der Waals surface area contributed by atoms with Gasteiger partial charge in [0.05, 0.1) is 6.54 Å². The predicted molar refractivity (Wildman–Crippen MR) is 76.4 cm³/mol. The first kappa shape index (κ1) is 18.0. The van der Waals surface area contributed by atoms with E-state index in [1.54, 1.807) is 0 Å². The lowest BCUT2D eigenvalue weighted by Crippen LogP contribution is -2.49. The van der Waals surface area contributed by atoms with E-state index in [1.165, 1.54) is 24.2 Å². The first-order chi connectivity index (χ1) is 9.03. The van der Waals surface area contributed by atoms with Crippen LogP contribution in [0.25, 0.3) is 0 Å². The summed E-state index contributed by atoms with van der Waals surface area (Å²) in [6, 6.07) is 0. The highest BCUT2D eigenvalue weighted by Crippen LogP contribution is 2.18. The van der Waals surface area contributed by atoms with Gasteiger partial charge in [-0.2, -0.15) is 13.2 Å². The average Bonchev–Trinajstić information content (AvgIpc) is 2.37. The molecule has 3 nitrogen and oxygen atoms in total. The van der Waals surface area contributed by atoms with E-state index in [4.69, 9.17) is 0 Å². The third-order valence-electron chi connectivity index (χ3n) is 4.12. The van der Waals surface area contributed by atoms with Gasteiger partial charge in [-0.1, -0.05) is 0 Å². The first-order valence-electron chi connectivity index (χ1n) is 7.25. The fraction of sp³-hybridized carbons (Fsp3) is 1.00. The van der Waals surface area contributed by atoms with Gasteiger partial charge in [0.25, 0.3) is 0 Å². The van der Waals surface area contributed by atoms with Crippen LogP contribution < -0.4 is 5.32 Å². The van der Waals surface area contributed by atoms with E-state index in [9.17, 15) is 13.2 Å². The summed E-state index contributed by atoms with van der Waals surface area (Å²) in [6.07, 6.45) is -0.340. The predicted octanol–water partition coefficient (Wildman–Crippen LogP) is 1.98. The molecule has 0 saturated carbocycles. The van der Waals surface area contributed by atoms with E-state index < -0.39 is 12.7 Å². The van der Waals surface area contributed by atoms with Gasteiger partial charge in [-0.3, -0.25) is 4.90 Å². The standard InChI is InChI=1S/C13H24F3N3.ClH/c14-13(15,16)11-19-8-6-18(7-9-19)5-3-12-2-1-4-17-10-12;/h12,17H,1-11H2;1H. The Morgan fingerprint density at radius 2 is 1.70 bits per heavy atom. The molecule has 0 aliphatic carbocycles. The molecule has 2 aliphatic rings. The minimum absolute atomic E-state index is 0. The molecule has 2 rings (SSSR count). The lowest BCUT2D eigenvalue weighted by atomic mass is 9.96. The molecule has 0 aromatic rings. The average molecular weight is 316 g/mol. The minimum atomic E-state index is -4.06. The van der Waals surface area contributed by atoms with Crippen molar-refractivity contribution in [3.63, 3.8) is 0 Å². The highest BCUT2D eigenvalue weighted by molar-refractivity contribution is 5.85. The fourth-order valence-corrected chi connectivity index (χ4v) is 2.96. The molecule has 0 bridgehead atoms. The van der Waals surface area contributed by atoms with E-state index >= 15 is 0 Å². The normalized spacial score (nSPS) is 26.2. The second-order valence-corrected chi connectivity index (χ2v) is 5.73. The molecule has 120 valence electrons. The Morgan fingerprint density at radius 1 is 1.05 bits per heavy atom. The van der Waals surface area contributed by atoms with Gasteiger partial charge in [-0.25, -0.2) is 0 Å². The molecule has 1 unspecified atom stereocenters. The van der Waals surface area contributed by atoms with Crippen LogP contribution in [0.15, 0.2) is 0 Å². The summed E-state index contributed by atoms with van der Waals surface area (Å²) in [5.41, 5.74) is 0. The van der Waals surface area contributed by atoms with Crippen LogP contribution in [0.3, 0.4) is 0 Å². The Bertz CT molecular complexity index is 262. The minimum Gasteiger partial charge on any atom is -0.316 e. The molecular weight excluding hydrogens is 291 g/mol. The van der Waals surface area contributed by atoms with Crippen LogP contribution in [0.1, 0.15) is 19.3 Å². The van der Waals surface area contributed by atoms with Gasteiger partial charge < -0.3 is 10.2 Å². The third-order valence-corrected chi connectivity index (χ3v) is 4.12. The maximum Gasteiger partial charge on any atom is 0.401 e. The maximum atomic E-state index is 12.3. The largest absolute Gasteiger partial charge is 0.401 e. The second kappa shape index (κ2) is 8.41. The van der Waals surface area contributed by atoms with Gasteiger partial charge in [0.1, 0.15) is 0 Å². The third kappa shape index (κ3) is 6.61. The van der Waals surface area contributed by atoms with Crippen molar-refractivity contribution in [2.45, 2.75) is 25.4 Å². The highest BCUT2D eigenvalue weighted by atomic mass is 35.5. The van der Waals surface area contributed by atoms with Crippen LogP contribution in [0.5, 0.6) is 0 Å². The van der Waals surface area contributed by atoms with Crippen molar-refractivity contribution in [2.24, 2.45) is 5.92 Å². The molecule has 0 aromatic heterocycles. The molecule has 7 heteroatoms. The molecule has 2 saturated heterocycles. The first-order valence-corrected chi connectivity index (χ1v) is 7.25. The van der Waals surface area contributed by atoms with E-state index in [-0.39, 0.29) is 12.4 Å². The molecule has 2 fully saturated rings. The smallest absolute Gasteiger partial charge is 0.316 e. The van der Waals surface area contributed by atoms with Crippen molar-refractivity contribution in [1.82, 2.24) is 15.1 Å². The Morgan fingerprint density at radius 3 is 2.25 bits per heavy atom. The topological polar surface area (TPSA) is 18.5 Å². The summed E-state index contributed by atoms with van der Waals surface area (Å²) in [7, 11) is 0. The Hall–Kier alpha value is -0.0400. The van der Waals surface area contributed by atoms with Crippen molar-refractivity contribution in [1.29, 1.82) is 0 Å². The lowest BCUT2D eigenvalue weighted by molar-refractivity contribution is -0.149. The summed E-state index contributed by atoms with van der Waals surface area (Å²) in [6.45, 7) is 5.15. The van der Waals surface area contributed by atoms with Gasteiger partial charge >= 0.3 is 6.18 Å². The summed E-state index contributed by atoms with van der Waals surface area (Å²) in [4.78, 5) is 3.82. The Labute approximate surface area is 125 Å². The van der Waals surface area contributed by atoms with Gasteiger partial charge in [-0.05, 0) is 44.8 Å². The number of hydrogen-bond acceptors (Lipinski definition) is 3. The van der Waals surface area contributed by atoms with E-state index in [0.29, 0.717) is 13.1 Å². The van der Waals surface area contributed by atoms with Crippen molar-refractivity contribution in [2.75, 3.05) is 52.4 Å². The van der Waals surface area contributed by atoms with Gasteiger partial charge in [0.2, 0.25) is 0 Å². The van der Waals surface area contributed by atoms with Crippen molar-refractivity contribution >= 4 is 12.4 Å². The molecule has 0 aromatic carbocycles. The summed E-state index contributed by atoms with van der Waals surface area (Å²) >= 11 is 0. The lowest BCUT2D eigenvalue weighted by Gasteiger charge is -2.35. The van der Waals surface area contributed by atoms with Gasteiger partial charge in [-0.15, -0.1) is 12.4 Å². The van der Waals surface area contributed by atoms with Gasteiger partial charge in [0.15, 0.2) is 0 Å². The SMILES string of the molecule is Cl.FC(F)(F)CN1CCN(CCC2CCCNC2)CC1. The van der Waals surface area contributed by atoms with E-state index in [0.717, 1.165) is 38.6 Å². The van der Waals surface area contributed by atoms with Crippen molar-refractivity contribution < 1.29 is 13.2 Å². The molecule has 20 heavy (non-hydrogen) atoms. The number of piperazine rings is 1. The fourth-order valence-electron chi connectivity index (χ4n) is 2.96. The number of hydrogen-bond donors (Lipinski definition) is 1. The number of nitrogens with zero attached hydrogens (tertiary/aromatic N) is 2. The molecular formula is C13H25ClF3N3. The number of alkyl halides is 3.